The fourth-order valence-electron chi connectivity index (χ4n) is 2.66. The second kappa shape index (κ2) is 5.13. The smallest absolute Gasteiger partial charge is 0.337 e. The van der Waals surface area contributed by atoms with E-state index in [0.717, 1.165) is 10.9 Å². The summed E-state index contributed by atoms with van der Waals surface area (Å²) in [5.74, 6) is 0.221. The van der Waals surface area contributed by atoms with Crippen LogP contribution in [0.4, 0.5) is 5.69 Å². The van der Waals surface area contributed by atoms with Gasteiger partial charge in [-0.2, -0.15) is 0 Å². The van der Waals surface area contributed by atoms with Crippen molar-refractivity contribution in [2.24, 2.45) is 0 Å². The van der Waals surface area contributed by atoms with Crippen LogP contribution in [-0.2, 0) is 4.74 Å². The molecule has 2 N–H and O–H groups in total. The highest BCUT2D eigenvalue weighted by Gasteiger charge is 2.19. The van der Waals surface area contributed by atoms with E-state index in [1.165, 1.54) is 7.11 Å². The molecule has 0 unspecified atom stereocenters. The molecule has 2 aromatic heterocycles. The highest BCUT2D eigenvalue weighted by Crippen LogP contribution is 2.37. The average molecular weight is 322 g/mol. The summed E-state index contributed by atoms with van der Waals surface area (Å²) < 4.78 is 16.2. The van der Waals surface area contributed by atoms with Gasteiger partial charge in [0.25, 0.3) is 5.89 Å². The van der Waals surface area contributed by atoms with Crippen LogP contribution >= 0.6 is 0 Å². The number of aromatic nitrogens is 1. The van der Waals surface area contributed by atoms with E-state index >= 15 is 0 Å². The highest BCUT2D eigenvalue weighted by atomic mass is 16.5. The molecule has 0 saturated heterocycles. The number of oxazole rings is 1. The number of hydrogen-bond donors (Lipinski definition) is 1. The maximum Gasteiger partial charge on any atom is 0.337 e. The number of benzene rings is 2. The van der Waals surface area contributed by atoms with Crippen molar-refractivity contribution in [1.29, 1.82) is 0 Å². The van der Waals surface area contributed by atoms with Crippen molar-refractivity contribution >= 4 is 33.7 Å². The van der Waals surface area contributed by atoms with Crippen LogP contribution in [0.3, 0.4) is 0 Å². The van der Waals surface area contributed by atoms with Crippen molar-refractivity contribution in [1.82, 2.24) is 4.98 Å². The highest BCUT2D eigenvalue weighted by molar-refractivity contribution is 5.98. The van der Waals surface area contributed by atoms with Crippen LogP contribution in [0, 0.1) is 6.92 Å². The molecule has 0 atom stereocenters. The van der Waals surface area contributed by atoms with Gasteiger partial charge in [-0.05, 0) is 37.3 Å². The number of furan rings is 1. The van der Waals surface area contributed by atoms with E-state index in [1.807, 2.05) is 25.1 Å². The first-order valence-electron chi connectivity index (χ1n) is 7.34. The lowest BCUT2D eigenvalue weighted by atomic mass is 10.1. The minimum Gasteiger partial charge on any atom is -0.465 e. The van der Waals surface area contributed by atoms with Gasteiger partial charge in [-0.25, -0.2) is 9.78 Å². The lowest BCUT2D eigenvalue weighted by molar-refractivity contribution is 0.0601. The fraction of sp³-hybridized carbons (Fsp3) is 0.111. The van der Waals surface area contributed by atoms with Crippen molar-refractivity contribution < 1.29 is 18.4 Å². The summed E-state index contributed by atoms with van der Waals surface area (Å²) in [5.41, 5.74) is 9.89. The van der Waals surface area contributed by atoms with Gasteiger partial charge in [-0.15, -0.1) is 0 Å². The molecule has 24 heavy (non-hydrogen) atoms. The molecule has 0 bridgehead atoms. The van der Waals surface area contributed by atoms with Gasteiger partial charge < -0.3 is 19.3 Å². The Morgan fingerprint density at radius 2 is 1.96 bits per heavy atom. The lowest BCUT2D eigenvalue weighted by Crippen LogP contribution is -2.00. The third kappa shape index (κ3) is 2.11. The maximum absolute atomic E-state index is 11.6. The van der Waals surface area contributed by atoms with E-state index in [2.05, 4.69) is 4.98 Å². The number of aryl methyl sites for hydroxylation is 1. The number of carbonyl (C=O) groups excluding carboxylic acids is 1. The Morgan fingerprint density at radius 1 is 1.12 bits per heavy atom. The number of nitrogens with zero attached hydrogens (tertiary/aromatic N) is 1. The summed E-state index contributed by atoms with van der Waals surface area (Å²) >= 11 is 0. The molecule has 0 aliphatic carbocycles. The molecule has 2 heterocycles. The third-order valence-corrected chi connectivity index (χ3v) is 3.89. The predicted molar refractivity (Wildman–Crippen MR) is 89.7 cm³/mol. The largest absolute Gasteiger partial charge is 0.465 e. The van der Waals surface area contributed by atoms with E-state index in [1.54, 1.807) is 18.2 Å². The molecule has 6 nitrogen and oxygen atoms in total. The first kappa shape index (κ1) is 14.3. The Hall–Kier alpha value is -3.28. The number of rotatable bonds is 2. The zero-order valence-corrected chi connectivity index (χ0v) is 13.1. The number of anilines is 1. The van der Waals surface area contributed by atoms with Crippen LogP contribution in [-0.4, -0.2) is 18.1 Å². The van der Waals surface area contributed by atoms with Gasteiger partial charge in [-0.3, -0.25) is 0 Å². The van der Waals surface area contributed by atoms with Gasteiger partial charge in [0.15, 0.2) is 5.58 Å². The minimum absolute atomic E-state index is 0.276. The quantitative estimate of drug-likeness (QED) is 0.562. The molecule has 4 aromatic rings. The lowest BCUT2D eigenvalue weighted by Gasteiger charge is -1.96. The van der Waals surface area contributed by atoms with Crippen LogP contribution < -0.4 is 5.73 Å². The summed E-state index contributed by atoms with van der Waals surface area (Å²) in [6, 6.07) is 10.7. The molecular formula is C18H14N2O4. The van der Waals surface area contributed by atoms with Gasteiger partial charge >= 0.3 is 5.97 Å². The zero-order valence-electron chi connectivity index (χ0n) is 13.1. The molecule has 0 saturated carbocycles. The van der Waals surface area contributed by atoms with Crippen LogP contribution in [0.15, 0.2) is 45.2 Å². The summed E-state index contributed by atoms with van der Waals surface area (Å²) in [4.78, 5) is 16.0. The standard InChI is InChI=1S/C18H14N2O4/c1-9-3-6-13-11(7-9)15(19)16(23-13)17-20-12-5-4-10(18(21)22-2)8-14(12)24-17/h3-8H,19H2,1-2H3. The molecule has 0 aliphatic heterocycles. The van der Waals surface area contributed by atoms with Gasteiger partial charge in [0.1, 0.15) is 11.1 Å². The van der Waals surface area contributed by atoms with Crippen molar-refractivity contribution in [3.8, 4) is 11.7 Å². The zero-order chi connectivity index (χ0) is 16.8. The molecule has 0 spiro atoms. The van der Waals surface area contributed by atoms with E-state index in [9.17, 15) is 4.79 Å². The molecular weight excluding hydrogens is 308 g/mol. The Bertz CT molecular complexity index is 1090. The molecule has 0 fully saturated rings. The summed E-state index contributed by atoms with van der Waals surface area (Å²) in [7, 11) is 1.33. The Morgan fingerprint density at radius 3 is 2.75 bits per heavy atom. The number of nitrogen functional groups attached to an aromatic ring is 1. The van der Waals surface area contributed by atoms with Gasteiger partial charge in [0, 0.05) is 5.39 Å². The van der Waals surface area contributed by atoms with Crippen molar-refractivity contribution in [2.45, 2.75) is 6.92 Å². The van der Waals surface area contributed by atoms with Crippen molar-refractivity contribution in [3.63, 3.8) is 0 Å². The summed E-state index contributed by atoms with van der Waals surface area (Å²) in [5, 5.41) is 0.822. The molecule has 0 aliphatic rings. The van der Waals surface area contributed by atoms with Crippen molar-refractivity contribution in [2.75, 3.05) is 12.8 Å². The second-order valence-corrected chi connectivity index (χ2v) is 5.54. The molecule has 2 aromatic carbocycles. The molecule has 0 radical (unpaired) electrons. The Kier molecular flexibility index (Phi) is 3.06. The number of hydrogen-bond acceptors (Lipinski definition) is 6. The van der Waals surface area contributed by atoms with Gasteiger partial charge in [0.2, 0.25) is 5.76 Å². The second-order valence-electron chi connectivity index (χ2n) is 5.54. The third-order valence-electron chi connectivity index (χ3n) is 3.89. The SMILES string of the molecule is COC(=O)c1ccc2nc(-c3oc4ccc(C)cc4c3N)oc2c1. The van der Waals surface area contributed by atoms with E-state index in [4.69, 9.17) is 19.3 Å². The monoisotopic (exact) mass is 322 g/mol. The number of carbonyl (C=O) groups is 1. The first-order chi connectivity index (χ1) is 11.6. The Balaban J connectivity index is 1.87. The fourth-order valence-corrected chi connectivity index (χ4v) is 2.66. The maximum atomic E-state index is 11.6. The predicted octanol–water partition coefficient (Wildman–Crippen LogP) is 3.92. The number of esters is 1. The van der Waals surface area contributed by atoms with Gasteiger partial charge in [0.05, 0.1) is 18.4 Å². The molecule has 6 heteroatoms. The molecule has 120 valence electrons. The van der Waals surface area contributed by atoms with E-state index < -0.39 is 5.97 Å². The summed E-state index contributed by atoms with van der Waals surface area (Å²) in [6.07, 6.45) is 0. The number of methoxy groups -OCH3 is 1. The number of fused-ring (bicyclic) bond motifs is 2. The number of nitrogens with two attached hydrogens (primary N) is 1. The minimum atomic E-state index is -0.437. The molecule has 4 rings (SSSR count). The first-order valence-corrected chi connectivity index (χ1v) is 7.34. The van der Waals surface area contributed by atoms with Crippen LogP contribution in [0.25, 0.3) is 33.7 Å². The Labute approximate surface area is 136 Å². The van der Waals surface area contributed by atoms with Crippen LogP contribution in [0.5, 0.6) is 0 Å². The van der Waals surface area contributed by atoms with Crippen LogP contribution in [0.1, 0.15) is 15.9 Å². The number of ether oxygens (including phenoxy) is 1. The topological polar surface area (TPSA) is 91.5 Å². The van der Waals surface area contributed by atoms with Gasteiger partial charge in [-0.1, -0.05) is 11.6 Å². The van der Waals surface area contributed by atoms with Crippen molar-refractivity contribution in [3.05, 3.63) is 47.5 Å². The van der Waals surface area contributed by atoms with E-state index in [0.29, 0.717) is 33.7 Å². The van der Waals surface area contributed by atoms with E-state index in [-0.39, 0.29) is 5.89 Å². The normalized spacial score (nSPS) is 11.2. The summed E-state index contributed by atoms with van der Waals surface area (Å²) in [6.45, 7) is 1.99. The van der Waals surface area contributed by atoms with Crippen LogP contribution in [0.2, 0.25) is 0 Å². The molecule has 0 amide bonds. The average Bonchev–Trinajstić information content (AvgIpc) is 3.14.